The summed E-state index contributed by atoms with van der Waals surface area (Å²) in [6, 6.07) is 11.5. The number of rotatable bonds is 6. The molecule has 144 valence electrons. The van der Waals surface area contributed by atoms with Crippen molar-refractivity contribution in [3.8, 4) is 0 Å². The Morgan fingerprint density at radius 1 is 1.26 bits per heavy atom. The van der Waals surface area contributed by atoms with E-state index < -0.39 is 10.0 Å². The summed E-state index contributed by atoms with van der Waals surface area (Å²) in [7, 11) is -3.71. The Labute approximate surface area is 167 Å². The molecule has 1 aliphatic heterocycles. The molecule has 0 aromatic heterocycles. The van der Waals surface area contributed by atoms with E-state index in [0.717, 1.165) is 22.9 Å². The molecule has 1 atom stereocenters. The van der Waals surface area contributed by atoms with Crippen molar-refractivity contribution in [2.24, 2.45) is 0 Å². The lowest BCUT2D eigenvalue weighted by atomic mass is 10.1. The minimum Gasteiger partial charge on any atom is -0.377 e. The smallest absolute Gasteiger partial charge is 0.255 e. The molecule has 2 N–H and O–H groups in total. The minimum absolute atomic E-state index is 0.0562. The third-order valence-electron chi connectivity index (χ3n) is 4.37. The summed E-state index contributed by atoms with van der Waals surface area (Å²) >= 11 is 3.38. The first-order chi connectivity index (χ1) is 12.8. The molecule has 0 aliphatic carbocycles. The Bertz CT molecular complexity index is 940. The molecule has 2 aromatic carbocycles. The van der Waals surface area contributed by atoms with E-state index in [-0.39, 0.29) is 29.0 Å². The third-order valence-corrected chi connectivity index (χ3v) is 6.28. The number of sulfonamides is 1. The van der Waals surface area contributed by atoms with Crippen LogP contribution in [0.1, 0.15) is 28.8 Å². The molecule has 1 amide bonds. The first-order valence-corrected chi connectivity index (χ1v) is 10.9. The van der Waals surface area contributed by atoms with E-state index in [4.69, 9.17) is 4.74 Å². The van der Waals surface area contributed by atoms with Crippen LogP contribution in [-0.4, -0.2) is 33.6 Å². The first-order valence-electron chi connectivity index (χ1n) is 8.64. The van der Waals surface area contributed by atoms with Crippen molar-refractivity contribution in [2.75, 3.05) is 18.5 Å². The predicted molar refractivity (Wildman–Crippen MR) is 107 cm³/mol. The number of amides is 1. The SMILES string of the molecule is Cc1cc(Br)ccc1NC(=O)c1cccc(S(=O)(=O)NC[C@@H]2CCCO2)c1. The van der Waals surface area contributed by atoms with E-state index >= 15 is 0 Å². The fourth-order valence-electron chi connectivity index (χ4n) is 2.86. The maximum Gasteiger partial charge on any atom is 0.255 e. The highest BCUT2D eigenvalue weighted by atomic mass is 79.9. The molecule has 0 spiro atoms. The van der Waals surface area contributed by atoms with Crippen LogP contribution in [-0.2, 0) is 14.8 Å². The molecule has 0 unspecified atom stereocenters. The summed E-state index contributed by atoms with van der Waals surface area (Å²) in [5.74, 6) is -0.364. The lowest BCUT2D eigenvalue weighted by molar-refractivity contribution is 0.102. The first kappa shape index (κ1) is 20.0. The van der Waals surface area contributed by atoms with Gasteiger partial charge in [0, 0.05) is 28.9 Å². The van der Waals surface area contributed by atoms with Gasteiger partial charge in [-0.1, -0.05) is 22.0 Å². The molecule has 3 rings (SSSR count). The van der Waals surface area contributed by atoms with Crippen molar-refractivity contribution in [2.45, 2.75) is 30.8 Å². The lowest BCUT2D eigenvalue weighted by Gasteiger charge is -2.12. The van der Waals surface area contributed by atoms with Gasteiger partial charge in [-0.3, -0.25) is 4.79 Å². The zero-order valence-corrected chi connectivity index (χ0v) is 17.3. The molecule has 0 saturated carbocycles. The molecule has 2 aromatic rings. The number of aryl methyl sites for hydroxylation is 1. The molecule has 6 nitrogen and oxygen atoms in total. The molecule has 1 saturated heterocycles. The summed E-state index contributed by atoms with van der Waals surface area (Å²) in [5.41, 5.74) is 1.85. The molecular weight excluding hydrogens is 432 g/mol. The van der Waals surface area contributed by atoms with Crippen LogP contribution in [0, 0.1) is 6.92 Å². The number of nitrogens with one attached hydrogen (secondary N) is 2. The van der Waals surface area contributed by atoms with Gasteiger partial charge in [0.05, 0.1) is 11.0 Å². The van der Waals surface area contributed by atoms with Crippen LogP contribution in [0.4, 0.5) is 5.69 Å². The average Bonchev–Trinajstić information content (AvgIpc) is 3.16. The number of carbonyl (C=O) groups excluding carboxylic acids is 1. The Hall–Kier alpha value is -1.74. The van der Waals surface area contributed by atoms with E-state index in [1.807, 2.05) is 19.1 Å². The fraction of sp³-hybridized carbons (Fsp3) is 0.316. The average molecular weight is 453 g/mol. The molecular formula is C19H21BrN2O4S. The summed E-state index contributed by atoms with van der Waals surface area (Å²) in [4.78, 5) is 12.6. The Morgan fingerprint density at radius 2 is 2.07 bits per heavy atom. The lowest BCUT2D eigenvalue weighted by Crippen LogP contribution is -2.32. The quantitative estimate of drug-likeness (QED) is 0.702. The van der Waals surface area contributed by atoms with Crippen LogP contribution in [0.3, 0.4) is 0 Å². The van der Waals surface area contributed by atoms with Crippen LogP contribution < -0.4 is 10.0 Å². The number of carbonyl (C=O) groups is 1. The topological polar surface area (TPSA) is 84.5 Å². The van der Waals surface area contributed by atoms with Gasteiger partial charge in [0.1, 0.15) is 0 Å². The zero-order valence-electron chi connectivity index (χ0n) is 14.9. The second-order valence-electron chi connectivity index (χ2n) is 6.43. The van der Waals surface area contributed by atoms with Crippen LogP contribution in [0.2, 0.25) is 0 Å². The molecule has 27 heavy (non-hydrogen) atoms. The van der Waals surface area contributed by atoms with Gasteiger partial charge in [-0.05, 0) is 61.7 Å². The van der Waals surface area contributed by atoms with E-state index in [1.165, 1.54) is 12.1 Å². The Balaban J connectivity index is 1.72. The summed E-state index contributed by atoms with van der Waals surface area (Å²) in [6.45, 7) is 2.78. The Morgan fingerprint density at radius 3 is 2.78 bits per heavy atom. The molecule has 0 radical (unpaired) electrons. The largest absolute Gasteiger partial charge is 0.377 e. The standard InChI is InChI=1S/C19H21BrN2O4S/c1-13-10-15(20)7-8-18(13)22-19(23)14-4-2-6-17(11-14)27(24,25)21-12-16-5-3-9-26-16/h2,4,6-8,10-11,16,21H,3,5,9,12H2,1H3,(H,22,23)/t16-/m0/s1. The van der Waals surface area contributed by atoms with Crippen LogP contribution in [0.5, 0.6) is 0 Å². The van der Waals surface area contributed by atoms with Crippen molar-refractivity contribution < 1.29 is 17.9 Å². The van der Waals surface area contributed by atoms with Gasteiger partial charge in [-0.2, -0.15) is 0 Å². The van der Waals surface area contributed by atoms with E-state index in [2.05, 4.69) is 26.0 Å². The molecule has 1 fully saturated rings. The van der Waals surface area contributed by atoms with Gasteiger partial charge in [0.2, 0.25) is 10.0 Å². The maximum absolute atomic E-state index is 12.5. The van der Waals surface area contributed by atoms with Crippen molar-refractivity contribution in [1.82, 2.24) is 4.72 Å². The normalized spacial score (nSPS) is 17.0. The molecule has 8 heteroatoms. The second-order valence-corrected chi connectivity index (χ2v) is 9.11. The van der Waals surface area contributed by atoms with Crippen molar-refractivity contribution in [3.05, 3.63) is 58.1 Å². The molecule has 1 aliphatic rings. The van der Waals surface area contributed by atoms with Gasteiger partial charge in [-0.25, -0.2) is 13.1 Å². The highest BCUT2D eigenvalue weighted by molar-refractivity contribution is 9.10. The van der Waals surface area contributed by atoms with Crippen molar-refractivity contribution in [1.29, 1.82) is 0 Å². The van der Waals surface area contributed by atoms with Crippen molar-refractivity contribution in [3.63, 3.8) is 0 Å². The number of hydrogen-bond acceptors (Lipinski definition) is 4. The van der Waals surface area contributed by atoms with Gasteiger partial charge < -0.3 is 10.1 Å². The van der Waals surface area contributed by atoms with E-state index in [0.29, 0.717) is 12.3 Å². The number of hydrogen-bond donors (Lipinski definition) is 2. The second kappa shape index (κ2) is 8.52. The van der Waals surface area contributed by atoms with Gasteiger partial charge in [0.15, 0.2) is 0 Å². The fourth-order valence-corrected chi connectivity index (χ4v) is 4.44. The van der Waals surface area contributed by atoms with Gasteiger partial charge >= 0.3 is 0 Å². The highest BCUT2D eigenvalue weighted by Gasteiger charge is 2.21. The summed E-state index contributed by atoms with van der Waals surface area (Å²) in [6.07, 6.45) is 1.70. The third kappa shape index (κ3) is 5.16. The number of ether oxygens (including phenoxy) is 1. The van der Waals surface area contributed by atoms with Gasteiger partial charge in [0.25, 0.3) is 5.91 Å². The van der Waals surface area contributed by atoms with Crippen LogP contribution in [0.25, 0.3) is 0 Å². The summed E-state index contributed by atoms with van der Waals surface area (Å²) in [5, 5.41) is 2.81. The van der Waals surface area contributed by atoms with Crippen LogP contribution in [0.15, 0.2) is 51.8 Å². The number of anilines is 1. The highest BCUT2D eigenvalue weighted by Crippen LogP contribution is 2.21. The maximum atomic E-state index is 12.5. The van der Waals surface area contributed by atoms with Gasteiger partial charge in [-0.15, -0.1) is 0 Å². The number of halogens is 1. The monoisotopic (exact) mass is 452 g/mol. The predicted octanol–water partition coefficient (Wildman–Crippen LogP) is 3.47. The van der Waals surface area contributed by atoms with Crippen molar-refractivity contribution >= 4 is 37.5 Å². The Kier molecular flexibility index (Phi) is 6.31. The molecule has 1 heterocycles. The van der Waals surface area contributed by atoms with E-state index in [9.17, 15) is 13.2 Å². The zero-order chi connectivity index (χ0) is 19.4. The minimum atomic E-state index is -3.71. The molecule has 0 bridgehead atoms. The van der Waals surface area contributed by atoms with Crippen LogP contribution >= 0.6 is 15.9 Å². The summed E-state index contributed by atoms with van der Waals surface area (Å²) < 4.78 is 33.9. The van der Waals surface area contributed by atoms with E-state index in [1.54, 1.807) is 18.2 Å². The number of benzene rings is 2.